The molecular weight excluding hydrogens is 302 g/mol. The second kappa shape index (κ2) is 6.07. The first kappa shape index (κ1) is 14.9. The van der Waals surface area contributed by atoms with Crippen LogP contribution in [0.5, 0.6) is 0 Å². The molecule has 0 aliphatic carbocycles. The number of benzene rings is 1. The van der Waals surface area contributed by atoms with Crippen LogP contribution in [0.2, 0.25) is 0 Å². The molecule has 1 aliphatic heterocycles. The first-order chi connectivity index (χ1) is 11.7. The summed E-state index contributed by atoms with van der Waals surface area (Å²) in [4.78, 5) is 23.4. The summed E-state index contributed by atoms with van der Waals surface area (Å²) in [5.41, 5.74) is 2.50. The number of carbonyl (C=O) groups is 1. The van der Waals surface area contributed by atoms with Gasteiger partial charge in [-0.3, -0.25) is 14.8 Å². The Bertz CT molecular complexity index is 873. The van der Waals surface area contributed by atoms with Gasteiger partial charge in [-0.2, -0.15) is 0 Å². The highest BCUT2D eigenvalue weighted by molar-refractivity contribution is 5.98. The van der Waals surface area contributed by atoms with E-state index in [1.165, 1.54) is 0 Å². The van der Waals surface area contributed by atoms with E-state index in [2.05, 4.69) is 9.97 Å². The van der Waals surface area contributed by atoms with Gasteiger partial charge in [0, 0.05) is 48.5 Å². The molecule has 3 aromatic rings. The quantitative estimate of drug-likeness (QED) is 0.724. The maximum Gasteiger partial charge on any atom is 0.253 e. The summed E-state index contributed by atoms with van der Waals surface area (Å²) < 4.78 is 5.58. The van der Waals surface area contributed by atoms with Crippen LogP contribution in [0.25, 0.3) is 11.0 Å². The third-order valence-corrected chi connectivity index (χ3v) is 4.60. The van der Waals surface area contributed by atoms with Gasteiger partial charge in [0.25, 0.3) is 5.91 Å². The molecule has 5 nitrogen and oxygen atoms in total. The number of aromatic nitrogens is 2. The maximum atomic E-state index is 12.9. The molecule has 5 heteroatoms. The van der Waals surface area contributed by atoms with Crippen molar-refractivity contribution in [3.63, 3.8) is 0 Å². The fourth-order valence-corrected chi connectivity index (χ4v) is 3.42. The largest absolute Gasteiger partial charge is 0.461 e. The maximum absolute atomic E-state index is 12.9. The molecule has 0 bridgehead atoms. The van der Waals surface area contributed by atoms with Gasteiger partial charge in [-0.15, -0.1) is 0 Å². The number of piperidine rings is 1. The minimum atomic E-state index is 0.0735. The zero-order valence-corrected chi connectivity index (χ0v) is 13.6. The van der Waals surface area contributed by atoms with E-state index in [0.29, 0.717) is 12.1 Å². The van der Waals surface area contributed by atoms with Crippen LogP contribution in [-0.4, -0.2) is 33.9 Å². The smallest absolute Gasteiger partial charge is 0.253 e. The van der Waals surface area contributed by atoms with Crippen molar-refractivity contribution in [3.05, 3.63) is 59.9 Å². The Morgan fingerprint density at radius 3 is 3.04 bits per heavy atom. The lowest BCUT2D eigenvalue weighted by Crippen LogP contribution is -2.39. The van der Waals surface area contributed by atoms with Crippen LogP contribution in [0.1, 0.15) is 40.6 Å². The molecule has 0 N–H and O–H groups in total. The van der Waals surface area contributed by atoms with Gasteiger partial charge in [0.05, 0.1) is 5.69 Å². The number of carbonyl (C=O) groups excluding carboxylic acids is 1. The Balaban J connectivity index is 1.56. The van der Waals surface area contributed by atoms with Crippen molar-refractivity contribution >= 4 is 16.9 Å². The Labute approximate surface area is 140 Å². The van der Waals surface area contributed by atoms with Crippen molar-refractivity contribution in [2.45, 2.75) is 25.7 Å². The van der Waals surface area contributed by atoms with Crippen LogP contribution < -0.4 is 0 Å². The first-order valence-corrected chi connectivity index (χ1v) is 8.26. The molecule has 0 radical (unpaired) electrons. The van der Waals surface area contributed by atoms with Gasteiger partial charge in [-0.1, -0.05) is 0 Å². The number of rotatable bonds is 2. The molecule has 1 atom stereocenters. The van der Waals surface area contributed by atoms with Gasteiger partial charge in [0.15, 0.2) is 0 Å². The molecule has 4 rings (SSSR count). The topological polar surface area (TPSA) is 59.2 Å². The number of hydrogen-bond donors (Lipinski definition) is 0. The number of furan rings is 1. The number of aryl methyl sites for hydroxylation is 1. The Morgan fingerprint density at radius 1 is 1.29 bits per heavy atom. The molecule has 1 fully saturated rings. The average Bonchev–Trinajstić information content (AvgIpc) is 3.01. The summed E-state index contributed by atoms with van der Waals surface area (Å²) in [5, 5.41) is 0.973. The minimum Gasteiger partial charge on any atom is -0.461 e. The van der Waals surface area contributed by atoms with Crippen LogP contribution in [0.15, 0.2) is 47.3 Å². The lowest BCUT2D eigenvalue weighted by atomic mass is 9.94. The third-order valence-electron chi connectivity index (χ3n) is 4.60. The van der Waals surface area contributed by atoms with Crippen LogP contribution in [0, 0.1) is 6.92 Å². The van der Waals surface area contributed by atoms with E-state index in [4.69, 9.17) is 4.42 Å². The summed E-state index contributed by atoms with van der Waals surface area (Å²) in [6, 6.07) is 7.60. The molecule has 0 spiro atoms. The van der Waals surface area contributed by atoms with Crippen molar-refractivity contribution in [1.82, 2.24) is 14.9 Å². The molecule has 122 valence electrons. The Hall–Kier alpha value is -2.69. The number of likely N-dealkylation sites (tertiary alicyclic amines) is 1. The summed E-state index contributed by atoms with van der Waals surface area (Å²) >= 11 is 0. The number of amides is 1. The van der Waals surface area contributed by atoms with Gasteiger partial charge in [0.1, 0.15) is 11.3 Å². The lowest BCUT2D eigenvalue weighted by molar-refractivity contribution is 0.0706. The zero-order valence-electron chi connectivity index (χ0n) is 13.6. The second-order valence-corrected chi connectivity index (χ2v) is 6.33. The van der Waals surface area contributed by atoms with Crippen molar-refractivity contribution in [2.24, 2.45) is 0 Å². The molecular formula is C19H19N3O2. The molecule has 0 unspecified atom stereocenters. The van der Waals surface area contributed by atoms with E-state index >= 15 is 0 Å². The molecule has 3 heterocycles. The fraction of sp³-hybridized carbons (Fsp3) is 0.316. The van der Waals surface area contributed by atoms with Crippen LogP contribution >= 0.6 is 0 Å². The summed E-state index contributed by atoms with van der Waals surface area (Å²) in [7, 11) is 0. The number of fused-ring (bicyclic) bond motifs is 1. The fourth-order valence-electron chi connectivity index (χ4n) is 3.42. The normalized spacial score (nSPS) is 18.0. The Kier molecular flexibility index (Phi) is 3.76. The van der Waals surface area contributed by atoms with Crippen LogP contribution in [0.3, 0.4) is 0 Å². The van der Waals surface area contributed by atoms with Crippen molar-refractivity contribution < 1.29 is 9.21 Å². The molecule has 1 saturated heterocycles. The van der Waals surface area contributed by atoms with E-state index in [-0.39, 0.29) is 11.8 Å². The van der Waals surface area contributed by atoms with Crippen molar-refractivity contribution in [3.8, 4) is 0 Å². The standard InChI is InChI=1S/C19H19N3O2/c1-13-9-16-10-14(4-5-18(16)24-13)19(23)22-8-2-3-15(12-22)17-11-20-6-7-21-17/h4-7,9-11,15H,2-3,8,12H2,1H3/t15-/m0/s1. The molecule has 1 aromatic carbocycles. The predicted molar refractivity (Wildman–Crippen MR) is 90.9 cm³/mol. The lowest BCUT2D eigenvalue weighted by Gasteiger charge is -2.32. The summed E-state index contributed by atoms with van der Waals surface area (Å²) in [5.74, 6) is 1.19. The number of nitrogens with zero attached hydrogens (tertiary/aromatic N) is 3. The van der Waals surface area contributed by atoms with Crippen LogP contribution in [-0.2, 0) is 0 Å². The molecule has 2 aromatic heterocycles. The first-order valence-electron chi connectivity index (χ1n) is 8.26. The number of hydrogen-bond acceptors (Lipinski definition) is 4. The highest BCUT2D eigenvalue weighted by Crippen LogP contribution is 2.27. The van der Waals surface area contributed by atoms with E-state index in [1.807, 2.05) is 36.1 Å². The SMILES string of the molecule is Cc1cc2cc(C(=O)N3CCC[C@H](c4cnccn4)C3)ccc2o1. The second-order valence-electron chi connectivity index (χ2n) is 6.33. The van der Waals surface area contributed by atoms with Gasteiger partial charge < -0.3 is 9.32 Å². The summed E-state index contributed by atoms with van der Waals surface area (Å²) in [6.07, 6.45) is 7.23. The highest BCUT2D eigenvalue weighted by Gasteiger charge is 2.26. The van der Waals surface area contributed by atoms with E-state index in [0.717, 1.165) is 41.8 Å². The minimum absolute atomic E-state index is 0.0735. The monoisotopic (exact) mass is 321 g/mol. The van der Waals surface area contributed by atoms with E-state index < -0.39 is 0 Å². The van der Waals surface area contributed by atoms with Crippen molar-refractivity contribution in [1.29, 1.82) is 0 Å². The molecule has 1 amide bonds. The highest BCUT2D eigenvalue weighted by atomic mass is 16.3. The third kappa shape index (κ3) is 2.77. The van der Waals surface area contributed by atoms with E-state index in [9.17, 15) is 4.79 Å². The van der Waals surface area contributed by atoms with Gasteiger partial charge >= 0.3 is 0 Å². The molecule has 0 saturated carbocycles. The summed E-state index contributed by atoms with van der Waals surface area (Å²) in [6.45, 7) is 3.40. The van der Waals surface area contributed by atoms with Crippen molar-refractivity contribution in [2.75, 3.05) is 13.1 Å². The molecule has 24 heavy (non-hydrogen) atoms. The predicted octanol–water partition coefficient (Wildman–Crippen LogP) is 3.55. The van der Waals surface area contributed by atoms with Crippen LogP contribution in [0.4, 0.5) is 0 Å². The average molecular weight is 321 g/mol. The van der Waals surface area contributed by atoms with Gasteiger partial charge in [0.2, 0.25) is 0 Å². The zero-order chi connectivity index (χ0) is 16.5. The van der Waals surface area contributed by atoms with Gasteiger partial charge in [-0.05, 0) is 44.0 Å². The van der Waals surface area contributed by atoms with E-state index in [1.54, 1.807) is 18.6 Å². The Morgan fingerprint density at radius 2 is 2.21 bits per heavy atom. The molecule has 1 aliphatic rings. The van der Waals surface area contributed by atoms with Gasteiger partial charge in [-0.25, -0.2) is 0 Å².